The first-order chi connectivity index (χ1) is 10.4. The molecule has 0 aliphatic heterocycles. The first kappa shape index (κ1) is 18.5. The van der Waals surface area contributed by atoms with Gasteiger partial charge in [-0.1, -0.05) is 32.9 Å². The highest BCUT2D eigenvalue weighted by molar-refractivity contribution is 5.89. The minimum Gasteiger partial charge on any atom is -0.396 e. The smallest absolute Gasteiger partial charge is 0.321 e. The Balaban J connectivity index is 2.74. The summed E-state index contributed by atoms with van der Waals surface area (Å²) in [6.07, 6.45) is 0.577. The Labute approximate surface area is 133 Å². The lowest BCUT2D eigenvalue weighted by Gasteiger charge is -2.30. The fraction of sp³-hybridized carbons (Fsp3) is 0.588. The maximum absolute atomic E-state index is 12.5. The number of anilines is 1. The van der Waals surface area contributed by atoms with Gasteiger partial charge in [0.1, 0.15) is 0 Å². The monoisotopic (exact) mass is 308 g/mol. The molecule has 0 saturated heterocycles. The fourth-order valence-corrected chi connectivity index (χ4v) is 2.19. The number of aliphatic hydroxyl groups excluding tert-OH is 1. The average molecular weight is 308 g/mol. The van der Waals surface area contributed by atoms with E-state index < -0.39 is 0 Å². The van der Waals surface area contributed by atoms with Gasteiger partial charge in [-0.15, -0.1) is 0 Å². The van der Waals surface area contributed by atoms with Gasteiger partial charge in [0.05, 0.1) is 6.61 Å². The zero-order valence-corrected chi connectivity index (χ0v) is 14.1. The van der Waals surface area contributed by atoms with Gasteiger partial charge in [-0.05, 0) is 29.5 Å². The zero-order chi connectivity index (χ0) is 16.6. The highest BCUT2D eigenvalue weighted by atomic mass is 16.5. The summed E-state index contributed by atoms with van der Waals surface area (Å²) in [6, 6.07) is 7.47. The Hall–Kier alpha value is -1.59. The van der Waals surface area contributed by atoms with E-state index >= 15 is 0 Å². The summed E-state index contributed by atoms with van der Waals surface area (Å²) in [6.45, 7) is 8.04. The molecule has 0 saturated carbocycles. The molecule has 5 heteroatoms. The third-order valence-electron chi connectivity index (χ3n) is 3.03. The molecule has 0 aromatic heterocycles. The predicted molar refractivity (Wildman–Crippen MR) is 88.9 cm³/mol. The molecule has 2 amide bonds. The summed E-state index contributed by atoms with van der Waals surface area (Å²) in [5, 5.41) is 11.9. The topological polar surface area (TPSA) is 61.8 Å². The van der Waals surface area contributed by atoms with Crippen LogP contribution in [0.4, 0.5) is 10.5 Å². The predicted octanol–water partition coefficient (Wildman–Crippen LogP) is 3.10. The number of carbonyl (C=O) groups excluding carboxylic acids is 1. The summed E-state index contributed by atoms with van der Waals surface area (Å²) < 4.78 is 5.10. The quantitative estimate of drug-likeness (QED) is 0.813. The van der Waals surface area contributed by atoms with Crippen LogP contribution in [0, 0.1) is 5.41 Å². The Morgan fingerprint density at radius 2 is 2.09 bits per heavy atom. The normalized spacial score (nSPS) is 11.3. The van der Waals surface area contributed by atoms with Crippen LogP contribution in [0.3, 0.4) is 0 Å². The average Bonchev–Trinajstić information content (AvgIpc) is 2.43. The number of rotatable bonds is 7. The summed E-state index contributed by atoms with van der Waals surface area (Å²) in [5.74, 6) is 0. The molecule has 0 bridgehead atoms. The van der Waals surface area contributed by atoms with Gasteiger partial charge in [0.25, 0.3) is 0 Å². The van der Waals surface area contributed by atoms with Crippen LogP contribution < -0.4 is 5.32 Å². The number of hydrogen-bond donors (Lipinski definition) is 2. The van der Waals surface area contributed by atoms with Crippen molar-refractivity contribution in [3.8, 4) is 0 Å². The van der Waals surface area contributed by atoms with Gasteiger partial charge in [0.15, 0.2) is 0 Å². The molecule has 0 aliphatic carbocycles. The summed E-state index contributed by atoms with van der Waals surface area (Å²) in [5.41, 5.74) is 1.77. The van der Waals surface area contributed by atoms with Crippen molar-refractivity contribution < 1.29 is 14.6 Å². The summed E-state index contributed by atoms with van der Waals surface area (Å²) >= 11 is 0. The molecule has 0 atom stereocenters. The van der Waals surface area contributed by atoms with Crippen LogP contribution in [-0.4, -0.2) is 42.8 Å². The Bertz CT molecular complexity index is 469. The molecule has 0 spiro atoms. The van der Waals surface area contributed by atoms with Crippen LogP contribution in [0.5, 0.6) is 0 Å². The van der Waals surface area contributed by atoms with E-state index in [4.69, 9.17) is 9.84 Å². The van der Waals surface area contributed by atoms with E-state index in [1.165, 1.54) is 0 Å². The van der Waals surface area contributed by atoms with Crippen LogP contribution in [0.1, 0.15) is 32.8 Å². The van der Waals surface area contributed by atoms with E-state index in [9.17, 15) is 4.79 Å². The second kappa shape index (κ2) is 8.76. The minimum absolute atomic E-state index is 0.00466. The van der Waals surface area contributed by atoms with Gasteiger partial charge in [-0.2, -0.15) is 0 Å². The maximum atomic E-state index is 12.5. The van der Waals surface area contributed by atoms with Crippen molar-refractivity contribution >= 4 is 11.7 Å². The van der Waals surface area contributed by atoms with E-state index in [1.54, 1.807) is 12.0 Å². The van der Waals surface area contributed by atoms with Crippen molar-refractivity contribution in [1.82, 2.24) is 4.90 Å². The molecule has 124 valence electrons. The standard InChI is InChI=1S/C17H28N2O3/c1-17(2,3)13-19(9-6-10-20)16(21)18-15-8-5-7-14(11-15)12-22-4/h5,7-8,11,20H,6,9-10,12-13H2,1-4H3,(H,18,21). The van der Waals surface area contributed by atoms with Gasteiger partial charge in [0.2, 0.25) is 0 Å². The first-order valence-corrected chi connectivity index (χ1v) is 7.60. The molecule has 5 nitrogen and oxygen atoms in total. The number of ether oxygens (including phenoxy) is 1. The lowest BCUT2D eigenvalue weighted by Crippen LogP contribution is -2.41. The number of aliphatic hydroxyl groups is 1. The Kier molecular flexibility index (Phi) is 7.35. The second-order valence-electron chi connectivity index (χ2n) is 6.62. The second-order valence-corrected chi connectivity index (χ2v) is 6.62. The van der Waals surface area contributed by atoms with Gasteiger partial charge >= 0.3 is 6.03 Å². The molecule has 0 radical (unpaired) electrons. The van der Waals surface area contributed by atoms with Crippen molar-refractivity contribution in [3.05, 3.63) is 29.8 Å². The Morgan fingerprint density at radius 1 is 1.36 bits per heavy atom. The maximum Gasteiger partial charge on any atom is 0.321 e. The molecular weight excluding hydrogens is 280 g/mol. The molecule has 1 aromatic rings. The van der Waals surface area contributed by atoms with Crippen LogP contribution in [-0.2, 0) is 11.3 Å². The van der Waals surface area contributed by atoms with Crippen LogP contribution in [0.25, 0.3) is 0 Å². The number of methoxy groups -OCH3 is 1. The first-order valence-electron chi connectivity index (χ1n) is 7.60. The van der Waals surface area contributed by atoms with Gasteiger partial charge in [-0.3, -0.25) is 0 Å². The number of hydrogen-bond acceptors (Lipinski definition) is 3. The molecule has 1 rings (SSSR count). The van der Waals surface area contributed by atoms with E-state index in [2.05, 4.69) is 26.1 Å². The van der Waals surface area contributed by atoms with Crippen molar-refractivity contribution in [1.29, 1.82) is 0 Å². The highest BCUT2D eigenvalue weighted by Crippen LogP contribution is 2.17. The number of amides is 2. The summed E-state index contributed by atoms with van der Waals surface area (Å²) in [4.78, 5) is 14.2. The lowest BCUT2D eigenvalue weighted by molar-refractivity contribution is 0.176. The van der Waals surface area contributed by atoms with E-state index in [-0.39, 0.29) is 18.1 Å². The SMILES string of the molecule is COCc1cccc(NC(=O)N(CCCO)CC(C)(C)C)c1. The molecule has 22 heavy (non-hydrogen) atoms. The van der Waals surface area contributed by atoms with E-state index in [0.717, 1.165) is 11.3 Å². The van der Waals surface area contributed by atoms with Crippen molar-refractivity contribution in [2.75, 3.05) is 32.1 Å². The molecule has 0 heterocycles. The molecular formula is C17H28N2O3. The molecule has 0 unspecified atom stereocenters. The van der Waals surface area contributed by atoms with Gasteiger partial charge in [0, 0.05) is 32.5 Å². The largest absolute Gasteiger partial charge is 0.396 e. The molecule has 0 aliphatic rings. The number of nitrogens with one attached hydrogen (secondary N) is 1. The zero-order valence-electron chi connectivity index (χ0n) is 14.1. The Morgan fingerprint density at radius 3 is 2.68 bits per heavy atom. The van der Waals surface area contributed by atoms with Crippen LogP contribution in [0.15, 0.2) is 24.3 Å². The van der Waals surface area contributed by atoms with Crippen molar-refractivity contribution in [3.63, 3.8) is 0 Å². The lowest BCUT2D eigenvalue weighted by atomic mass is 9.96. The van der Waals surface area contributed by atoms with Crippen molar-refractivity contribution in [2.45, 2.75) is 33.8 Å². The minimum atomic E-state index is -0.141. The van der Waals surface area contributed by atoms with Crippen LogP contribution in [0.2, 0.25) is 0 Å². The highest BCUT2D eigenvalue weighted by Gasteiger charge is 2.20. The number of nitrogens with zero attached hydrogens (tertiary/aromatic N) is 1. The number of urea groups is 1. The number of carbonyl (C=O) groups is 1. The molecule has 1 aromatic carbocycles. The van der Waals surface area contributed by atoms with E-state index in [0.29, 0.717) is 26.1 Å². The third-order valence-corrected chi connectivity index (χ3v) is 3.03. The van der Waals surface area contributed by atoms with Crippen molar-refractivity contribution in [2.24, 2.45) is 5.41 Å². The number of benzene rings is 1. The molecule has 2 N–H and O–H groups in total. The van der Waals surface area contributed by atoms with Crippen LogP contribution >= 0.6 is 0 Å². The van der Waals surface area contributed by atoms with Gasteiger partial charge < -0.3 is 20.1 Å². The fourth-order valence-electron chi connectivity index (χ4n) is 2.19. The molecule has 0 fully saturated rings. The van der Waals surface area contributed by atoms with E-state index in [1.807, 2.05) is 24.3 Å². The summed E-state index contributed by atoms with van der Waals surface area (Å²) in [7, 11) is 1.64. The third kappa shape index (κ3) is 6.91. The van der Waals surface area contributed by atoms with Gasteiger partial charge in [-0.25, -0.2) is 4.79 Å².